The van der Waals surface area contributed by atoms with Gasteiger partial charge in [0.2, 0.25) is 26.0 Å². The number of benzene rings is 3. The molecule has 8 nitrogen and oxygen atoms in total. The molecular formula is C21H23N3O5S2. The number of rotatable bonds is 8. The van der Waals surface area contributed by atoms with Crippen molar-refractivity contribution < 1.29 is 21.6 Å². The van der Waals surface area contributed by atoms with Crippen molar-refractivity contribution in [1.82, 2.24) is 4.72 Å². The Hall–Kier alpha value is -2.95. The summed E-state index contributed by atoms with van der Waals surface area (Å²) >= 11 is 0. The second kappa shape index (κ2) is 9.04. The van der Waals surface area contributed by atoms with Crippen molar-refractivity contribution in [3.05, 3.63) is 66.2 Å². The number of hydrogen-bond donors (Lipinski definition) is 3. The Kier molecular flexibility index (Phi) is 6.63. The van der Waals surface area contributed by atoms with E-state index < -0.39 is 26.0 Å². The second-order valence-electron chi connectivity index (χ2n) is 7.11. The standard InChI is InChI=1S/C21H23N3O5S2/c1-15-7-9-18(14-20(15)24-30(2,26)27)23-21(25)11-12-22-31(28,29)19-10-8-16-5-3-4-6-17(16)13-19/h3-10,13-14,22,24H,11-12H2,1-2H3,(H,23,25). The van der Waals surface area contributed by atoms with Crippen LogP contribution in [0, 0.1) is 6.92 Å². The molecule has 0 unspecified atom stereocenters. The van der Waals surface area contributed by atoms with Crippen molar-refractivity contribution in [2.24, 2.45) is 0 Å². The molecule has 3 N–H and O–H groups in total. The smallest absolute Gasteiger partial charge is 0.240 e. The molecule has 0 heterocycles. The largest absolute Gasteiger partial charge is 0.326 e. The normalized spacial score (nSPS) is 11.9. The van der Waals surface area contributed by atoms with Gasteiger partial charge in [-0.25, -0.2) is 21.6 Å². The van der Waals surface area contributed by atoms with E-state index in [9.17, 15) is 21.6 Å². The SMILES string of the molecule is Cc1ccc(NC(=O)CCNS(=O)(=O)c2ccc3ccccc3c2)cc1NS(C)(=O)=O. The molecule has 0 spiro atoms. The van der Waals surface area contributed by atoms with Gasteiger partial charge in [-0.3, -0.25) is 9.52 Å². The molecule has 0 aromatic heterocycles. The first-order valence-electron chi connectivity index (χ1n) is 9.40. The number of carbonyl (C=O) groups excluding carboxylic acids is 1. The van der Waals surface area contributed by atoms with Crippen molar-refractivity contribution >= 4 is 48.1 Å². The third-order valence-corrected chi connectivity index (χ3v) is 6.54. The van der Waals surface area contributed by atoms with Gasteiger partial charge in [0.1, 0.15) is 0 Å². The van der Waals surface area contributed by atoms with Gasteiger partial charge in [-0.2, -0.15) is 0 Å². The van der Waals surface area contributed by atoms with Crippen molar-refractivity contribution in [2.45, 2.75) is 18.2 Å². The van der Waals surface area contributed by atoms with Gasteiger partial charge in [0.05, 0.1) is 16.8 Å². The summed E-state index contributed by atoms with van der Waals surface area (Å²) in [4.78, 5) is 12.3. The van der Waals surface area contributed by atoms with Crippen LogP contribution in [0.25, 0.3) is 10.8 Å². The third kappa shape index (κ3) is 6.27. The topological polar surface area (TPSA) is 121 Å². The molecule has 1 amide bonds. The summed E-state index contributed by atoms with van der Waals surface area (Å²) in [5, 5.41) is 4.38. The molecule has 3 aromatic rings. The molecule has 0 saturated heterocycles. The first-order valence-corrected chi connectivity index (χ1v) is 12.8. The number of aryl methyl sites for hydroxylation is 1. The van der Waals surface area contributed by atoms with E-state index in [1.165, 1.54) is 12.1 Å². The molecule has 0 saturated carbocycles. The quantitative estimate of drug-likeness (QED) is 0.476. The lowest BCUT2D eigenvalue weighted by Gasteiger charge is -2.11. The monoisotopic (exact) mass is 461 g/mol. The predicted octanol–water partition coefficient (Wildman–Crippen LogP) is 2.83. The number of amides is 1. The minimum atomic E-state index is -3.76. The lowest BCUT2D eigenvalue weighted by molar-refractivity contribution is -0.116. The maximum Gasteiger partial charge on any atom is 0.240 e. The van der Waals surface area contributed by atoms with Gasteiger partial charge < -0.3 is 5.32 Å². The van der Waals surface area contributed by atoms with Gasteiger partial charge in [0.15, 0.2) is 0 Å². The van der Waals surface area contributed by atoms with E-state index in [0.717, 1.165) is 17.0 Å². The van der Waals surface area contributed by atoms with Crippen molar-refractivity contribution in [3.63, 3.8) is 0 Å². The highest BCUT2D eigenvalue weighted by atomic mass is 32.2. The van der Waals surface area contributed by atoms with Gasteiger partial charge >= 0.3 is 0 Å². The molecule has 0 aliphatic rings. The first-order chi connectivity index (χ1) is 14.5. The molecule has 0 atom stereocenters. The summed E-state index contributed by atoms with van der Waals surface area (Å²) in [6.07, 6.45) is 0.953. The molecule has 0 radical (unpaired) electrons. The average Bonchev–Trinajstić information content (AvgIpc) is 2.69. The molecule has 3 aromatic carbocycles. The summed E-state index contributed by atoms with van der Waals surface area (Å²) in [7, 11) is -7.21. The molecule has 0 bridgehead atoms. The second-order valence-corrected chi connectivity index (χ2v) is 10.6. The first kappa shape index (κ1) is 22.7. The zero-order valence-corrected chi connectivity index (χ0v) is 18.7. The fourth-order valence-corrected chi connectivity index (χ4v) is 4.64. The van der Waals surface area contributed by atoms with E-state index in [0.29, 0.717) is 16.9 Å². The number of nitrogens with one attached hydrogen (secondary N) is 3. The van der Waals surface area contributed by atoms with E-state index in [2.05, 4.69) is 14.8 Å². The Morgan fingerprint density at radius 2 is 1.61 bits per heavy atom. The van der Waals surface area contributed by atoms with Gasteiger partial charge in [0, 0.05) is 18.7 Å². The highest BCUT2D eigenvalue weighted by Gasteiger charge is 2.15. The molecular weight excluding hydrogens is 438 g/mol. The molecule has 0 fully saturated rings. The number of hydrogen-bond acceptors (Lipinski definition) is 5. The lowest BCUT2D eigenvalue weighted by Crippen LogP contribution is -2.27. The summed E-state index contributed by atoms with van der Waals surface area (Å²) in [5.41, 5.74) is 1.46. The molecule has 31 heavy (non-hydrogen) atoms. The zero-order valence-electron chi connectivity index (χ0n) is 17.0. The Morgan fingerprint density at radius 1 is 0.903 bits per heavy atom. The van der Waals surface area contributed by atoms with Crippen LogP contribution < -0.4 is 14.8 Å². The summed E-state index contributed by atoms with van der Waals surface area (Å²) < 4.78 is 52.8. The number of anilines is 2. The van der Waals surface area contributed by atoms with Crippen LogP contribution in [0.4, 0.5) is 11.4 Å². The Morgan fingerprint density at radius 3 is 2.32 bits per heavy atom. The number of carbonyl (C=O) groups is 1. The van der Waals surface area contributed by atoms with Gasteiger partial charge in [-0.05, 0) is 47.5 Å². The van der Waals surface area contributed by atoms with Crippen molar-refractivity contribution in [3.8, 4) is 0 Å². The van der Waals surface area contributed by atoms with Crippen molar-refractivity contribution in [1.29, 1.82) is 0 Å². The average molecular weight is 462 g/mol. The van der Waals surface area contributed by atoms with Crippen LogP contribution in [-0.4, -0.2) is 35.5 Å². The van der Waals surface area contributed by atoms with Crippen LogP contribution in [0.15, 0.2) is 65.6 Å². The maximum atomic E-state index is 12.5. The zero-order chi connectivity index (χ0) is 22.6. The Balaban J connectivity index is 1.60. The molecule has 0 aliphatic heterocycles. The van der Waals surface area contributed by atoms with E-state index in [-0.39, 0.29) is 17.9 Å². The van der Waals surface area contributed by atoms with Crippen LogP contribution in [0.1, 0.15) is 12.0 Å². The fraction of sp³-hybridized carbons (Fsp3) is 0.190. The minimum absolute atomic E-state index is 0.0820. The number of sulfonamides is 2. The summed E-state index contributed by atoms with van der Waals surface area (Å²) in [5.74, 6) is -0.407. The highest BCUT2D eigenvalue weighted by Crippen LogP contribution is 2.21. The van der Waals surface area contributed by atoms with Crippen LogP contribution in [0.3, 0.4) is 0 Å². The summed E-state index contributed by atoms with van der Waals surface area (Å²) in [6.45, 7) is 1.65. The maximum absolute atomic E-state index is 12.5. The fourth-order valence-electron chi connectivity index (χ4n) is 2.95. The molecule has 164 valence electrons. The predicted molar refractivity (Wildman–Crippen MR) is 122 cm³/mol. The van der Waals surface area contributed by atoms with Gasteiger partial charge in [0.25, 0.3) is 0 Å². The lowest BCUT2D eigenvalue weighted by atomic mass is 10.1. The van der Waals surface area contributed by atoms with Crippen molar-refractivity contribution in [2.75, 3.05) is 22.8 Å². The van der Waals surface area contributed by atoms with Crippen LogP contribution in [-0.2, 0) is 24.8 Å². The van der Waals surface area contributed by atoms with E-state index in [4.69, 9.17) is 0 Å². The molecule has 10 heteroatoms. The van der Waals surface area contributed by atoms with E-state index >= 15 is 0 Å². The minimum Gasteiger partial charge on any atom is -0.326 e. The van der Waals surface area contributed by atoms with E-state index in [1.54, 1.807) is 31.2 Å². The Bertz CT molecular complexity index is 1340. The summed E-state index contributed by atoms with van der Waals surface area (Å²) in [6, 6.07) is 17.1. The van der Waals surface area contributed by atoms with Crippen LogP contribution in [0.2, 0.25) is 0 Å². The van der Waals surface area contributed by atoms with Gasteiger partial charge in [-0.1, -0.05) is 36.4 Å². The number of fused-ring (bicyclic) bond motifs is 1. The highest BCUT2D eigenvalue weighted by molar-refractivity contribution is 7.92. The third-order valence-electron chi connectivity index (χ3n) is 4.49. The van der Waals surface area contributed by atoms with Crippen LogP contribution in [0.5, 0.6) is 0 Å². The molecule has 3 rings (SSSR count). The molecule has 0 aliphatic carbocycles. The Labute approximate surface area is 181 Å². The van der Waals surface area contributed by atoms with E-state index in [1.807, 2.05) is 24.3 Å². The van der Waals surface area contributed by atoms with Crippen LogP contribution >= 0.6 is 0 Å². The van der Waals surface area contributed by atoms with Gasteiger partial charge in [-0.15, -0.1) is 0 Å².